The Morgan fingerprint density at radius 3 is 2.29 bits per heavy atom. The molecule has 0 spiro atoms. The van der Waals surface area contributed by atoms with Crippen molar-refractivity contribution in [2.45, 2.75) is 19.9 Å². The van der Waals surface area contributed by atoms with Gasteiger partial charge in [-0.3, -0.25) is 0 Å². The summed E-state index contributed by atoms with van der Waals surface area (Å²) in [5.41, 5.74) is 5.76. The molecule has 0 fully saturated rings. The van der Waals surface area contributed by atoms with Crippen molar-refractivity contribution < 1.29 is 13.9 Å². The Kier molecular flexibility index (Phi) is 3.06. The molecule has 2 nitrogen and oxygen atoms in total. The van der Waals surface area contributed by atoms with Gasteiger partial charge in [-0.1, -0.05) is 19.9 Å². The van der Waals surface area contributed by atoms with Crippen molar-refractivity contribution in [1.29, 1.82) is 0 Å². The summed E-state index contributed by atoms with van der Waals surface area (Å²) in [6.07, 6.45) is 0. The molecule has 0 saturated carbocycles. The molecule has 4 heteroatoms. The van der Waals surface area contributed by atoms with Crippen molar-refractivity contribution in [1.82, 2.24) is 0 Å². The Morgan fingerprint density at radius 2 is 1.79 bits per heavy atom. The smallest absolute Gasteiger partial charge is 0.200 e. The molecule has 0 aliphatic heterocycles. The standard InChI is InChI=1S/C10H13F2NO/c1-5(2)10(13)6-3-4-7(14)9(12)8(6)11/h3-5,10,14H,13H2,1-2H3/t10-/m0/s1. The molecule has 14 heavy (non-hydrogen) atoms. The minimum absolute atomic E-state index is 0.00782. The van der Waals surface area contributed by atoms with Gasteiger partial charge < -0.3 is 10.8 Å². The highest BCUT2D eigenvalue weighted by molar-refractivity contribution is 5.31. The maximum Gasteiger partial charge on any atom is 0.200 e. The van der Waals surface area contributed by atoms with Crippen LogP contribution in [0, 0.1) is 17.6 Å². The van der Waals surface area contributed by atoms with Gasteiger partial charge in [0.05, 0.1) is 0 Å². The average molecular weight is 201 g/mol. The molecule has 1 aromatic carbocycles. The summed E-state index contributed by atoms with van der Waals surface area (Å²) in [7, 11) is 0. The van der Waals surface area contributed by atoms with Gasteiger partial charge in [-0.2, -0.15) is 4.39 Å². The van der Waals surface area contributed by atoms with Crippen LogP contribution in [-0.4, -0.2) is 5.11 Å². The Labute approximate surface area is 81.4 Å². The van der Waals surface area contributed by atoms with Gasteiger partial charge in [0.25, 0.3) is 0 Å². The fourth-order valence-corrected chi connectivity index (χ4v) is 1.17. The quantitative estimate of drug-likeness (QED) is 0.771. The normalized spacial score (nSPS) is 13.3. The first-order chi connectivity index (χ1) is 6.45. The molecule has 0 radical (unpaired) electrons. The lowest BCUT2D eigenvalue weighted by Crippen LogP contribution is -2.18. The fourth-order valence-electron chi connectivity index (χ4n) is 1.17. The summed E-state index contributed by atoms with van der Waals surface area (Å²) in [4.78, 5) is 0. The molecular formula is C10H13F2NO. The molecule has 1 rings (SSSR count). The lowest BCUT2D eigenvalue weighted by Gasteiger charge is -2.17. The number of rotatable bonds is 2. The van der Waals surface area contributed by atoms with E-state index in [2.05, 4.69) is 0 Å². The Bertz CT molecular complexity index is 339. The first kappa shape index (κ1) is 10.9. The number of halogens is 2. The van der Waals surface area contributed by atoms with Gasteiger partial charge in [0, 0.05) is 11.6 Å². The van der Waals surface area contributed by atoms with Gasteiger partial charge in [-0.15, -0.1) is 0 Å². The van der Waals surface area contributed by atoms with E-state index in [1.165, 1.54) is 6.07 Å². The van der Waals surface area contributed by atoms with Crippen molar-refractivity contribution in [2.24, 2.45) is 11.7 Å². The maximum absolute atomic E-state index is 13.3. The van der Waals surface area contributed by atoms with E-state index in [9.17, 15) is 8.78 Å². The lowest BCUT2D eigenvalue weighted by molar-refractivity contribution is 0.395. The van der Waals surface area contributed by atoms with E-state index in [1.807, 2.05) is 13.8 Å². The SMILES string of the molecule is CC(C)[C@H](N)c1ccc(O)c(F)c1F. The molecule has 0 heterocycles. The van der Waals surface area contributed by atoms with E-state index in [0.29, 0.717) is 0 Å². The van der Waals surface area contributed by atoms with Crippen LogP contribution in [0.1, 0.15) is 25.5 Å². The van der Waals surface area contributed by atoms with E-state index in [0.717, 1.165) is 6.07 Å². The number of hydrogen-bond acceptors (Lipinski definition) is 2. The molecule has 0 aliphatic carbocycles. The van der Waals surface area contributed by atoms with Crippen LogP contribution in [0.2, 0.25) is 0 Å². The van der Waals surface area contributed by atoms with E-state index < -0.39 is 23.4 Å². The molecule has 1 aromatic rings. The van der Waals surface area contributed by atoms with Crippen molar-refractivity contribution in [3.05, 3.63) is 29.3 Å². The number of phenols is 1. The van der Waals surface area contributed by atoms with Crippen LogP contribution in [0.25, 0.3) is 0 Å². The Hall–Kier alpha value is -1.16. The second-order valence-corrected chi connectivity index (χ2v) is 3.57. The second-order valence-electron chi connectivity index (χ2n) is 3.57. The number of aromatic hydroxyl groups is 1. The third-order valence-electron chi connectivity index (χ3n) is 2.17. The predicted molar refractivity (Wildman–Crippen MR) is 49.8 cm³/mol. The predicted octanol–water partition coefficient (Wildman–Crippen LogP) is 2.33. The fraction of sp³-hybridized carbons (Fsp3) is 0.400. The molecule has 3 N–H and O–H groups in total. The van der Waals surface area contributed by atoms with Crippen LogP contribution in [0.15, 0.2) is 12.1 Å². The minimum atomic E-state index is -1.24. The van der Waals surface area contributed by atoms with Crippen molar-refractivity contribution in [3.63, 3.8) is 0 Å². The van der Waals surface area contributed by atoms with E-state index in [1.54, 1.807) is 0 Å². The van der Waals surface area contributed by atoms with Crippen LogP contribution < -0.4 is 5.73 Å². The molecule has 1 atom stereocenters. The first-order valence-corrected chi connectivity index (χ1v) is 4.37. The highest BCUT2D eigenvalue weighted by Gasteiger charge is 2.19. The van der Waals surface area contributed by atoms with Gasteiger partial charge in [-0.25, -0.2) is 4.39 Å². The van der Waals surface area contributed by atoms with E-state index >= 15 is 0 Å². The molecule has 0 aromatic heterocycles. The van der Waals surface area contributed by atoms with Crippen molar-refractivity contribution >= 4 is 0 Å². The van der Waals surface area contributed by atoms with Crippen LogP contribution in [-0.2, 0) is 0 Å². The summed E-state index contributed by atoms with van der Waals surface area (Å²) >= 11 is 0. The van der Waals surface area contributed by atoms with Gasteiger partial charge >= 0.3 is 0 Å². The van der Waals surface area contributed by atoms with Gasteiger partial charge in [0.15, 0.2) is 11.6 Å². The van der Waals surface area contributed by atoms with Gasteiger partial charge in [-0.05, 0) is 12.0 Å². The Balaban J connectivity index is 3.17. The molecule has 0 bridgehead atoms. The molecule has 0 unspecified atom stereocenters. The van der Waals surface area contributed by atoms with E-state index in [-0.39, 0.29) is 11.5 Å². The number of phenolic OH excluding ortho intramolecular Hbond substituents is 1. The zero-order chi connectivity index (χ0) is 10.9. The molecular weight excluding hydrogens is 188 g/mol. The van der Waals surface area contributed by atoms with Crippen LogP contribution in [0.3, 0.4) is 0 Å². The summed E-state index contributed by atoms with van der Waals surface area (Å²) in [5, 5.41) is 8.89. The monoisotopic (exact) mass is 201 g/mol. The van der Waals surface area contributed by atoms with E-state index in [4.69, 9.17) is 10.8 Å². The third-order valence-corrected chi connectivity index (χ3v) is 2.17. The minimum Gasteiger partial charge on any atom is -0.505 e. The first-order valence-electron chi connectivity index (χ1n) is 4.37. The summed E-state index contributed by atoms with van der Waals surface area (Å²) in [5.74, 6) is -2.99. The summed E-state index contributed by atoms with van der Waals surface area (Å²) < 4.78 is 26.2. The van der Waals surface area contributed by atoms with Crippen LogP contribution in [0.5, 0.6) is 5.75 Å². The van der Waals surface area contributed by atoms with Crippen LogP contribution >= 0.6 is 0 Å². The van der Waals surface area contributed by atoms with Crippen molar-refractivity contribution in [2.75, 3.05) is 0 Å². The number of nitrogens with two attached hydrogens (primary N) is 1. The number of hydrogen-bond donors (Lipinski definition) is 2. The van der Waals surface area contributed by atoms with Crippen LogP contribution in [0.4, 0.5) is 8.78 Å². The topological polar surface area (TPSA) is 46.2 Å². The summed E-state index contributed by atoms with van der Waals surface area (Å²) in [6, 6.07) is 1.85. The van der Waals surface area contributed by atoms with Gasteiger partial charge in [0.2, 0.25) is 5.82 Å². The largest absolute Gasteiger partial charge is 0.505 e. The maximum atomic E-state index is 13.3. The molecule has 0 amide bonds. The highest BCUT2D eigenvalue weighted by Crippen LogP contribution is 2.27. The Morgan fingerprint density at radius 1 is 1.21 bits per heavy atom. The zero-order valence-corrected chi connectivity index (χ0v) is 8.09. The highest BCUT2D eigenvalue weighted by atomic mass is 19.2. The second kappa shape index (κ2) is 3.92. The summed E-state index contributed by atoms with van der Waals surface area (Å²) in [6.45, 7) is 3.63. The van der Waals surface area contributed by atoms with Gasteiger partial charge in [0.1, 0.15) is 0 Å². The lowest BCUT2D eigenvalue weighted by atomic mass is 9.96. The average Bonchev–Trinajstić information content (AvgIpc) is 2.13. The third kappa shape index (κ3) is 1.85. The molecule has 78 valence electrons. The zero-order valence-electron chi connectivity index (χ0n) is 8.09. The molecule has 0 saturated heterocycles. The van der Waals surface area contributed by atoms with Crippen molar-refractivity contribution in [3.8, 4) is 5.75 Å². The molecule has 0 aliphatic rings. The number of benzene rings is 1.